The van der Waals surface area contributed by atoms with Gasteiger partial charge >= 0.3 is 6.18 Å². The van der Waals surface area contributed by atoms with E-state index in [9.17, 15) is 26.7 Å². The number of H-pyrrole nitrogens is 1. The summed E-state index contributed by atoms with van der Waals surface area (Å²) in [6.45, 7) is 0.204. The van der Waals surface area contributed by atoms with Crippen LogP contribution in [0.25, 0.3) is 11.2 Å². The van der Waals surface area contributed by atoms with Gasteiger partial charge < -0.3 is 15.0 Å². The Bertz CT molecular complexity index is 1070. The second-order valence-corrected chi connectivity index (χ2v) is 6.25. The quantitative estimate of drug-likeness (QED) is 0.411. The number of pyridine rings is 1. The molecule has 0 bridgehead atoms. The van der Waals surface area contributed by atoms with Crippen LogP contribution in [0, 0.1) is 0 Å². The fourth-order valence-electron chi connectivity index (χ4n) is 2.50. The summed E-state index contributed by atoms with van der Waals surface area (Å²) in [4.78, 5) is 22.3. The minimum Gasteiger partial charge on any atom is -0.471 e. The Morgan fingerprint density at radius 1 is 1.31 bits per heavy atom. The molecular formula is C17H12ClF5N4O2. The molecule has 0 unspecified atom stereocenters. The van der Waals surface area contributed by atoms with Crippen LogP contribution in [-0.2, 0) is 6.18 Å². The first-order valence-electron chi connectivity index (χ1n) is 8.01. The standard InChI is InChI=1S/C17H12ClF5N4O2/c1-7(28)8-5-11-14(26-15(8)29-6-12(19)20)27-16(24-11)25-13-9(17(21,22)23)3-2-4-10(13)18/h2-5,12H,6H2,1H3,(H2,24,25,26,27). The fraction of sp³-hybridized carbons (Fsp3) is 0.235. The largest absolute Gasteiger partial charge is 0.471 e. The number of benzene rings is 1. The number of nitrogens with zero attached hydrogens (tertiary/aromatic N) is 2. The predicted molar refractivity (Wildman–Crippen MR) is 95.1 cm³/mol. The van der Waals surface area contributed by atoms with Crippen LogP contribution in [-0.4, -0.2) is 33.8 Å². The molecule has 3 rings (SSSR count). The van der Waals surface area contributed by atoms with Crippen molar-refractivity contribution < 1.29 is 31.5 Å². The molecule has 6 nitrogen and oxygen atoms in total. The van der Waals surface area contributed by atoms with Crippen molar-refractivity contribution in [3.63, 3.8) is 0 Å². The lowest BCUT2D eigenvalue weighted by molar-refractivity contribution is -0.136. The average Bonchev–Trinajstić information content (AvgIpc) is 3.01. The molecule has 3 aromatic rings. The molecule has 2 aromatic heterocycles. The summed E-state index contributed by atoms with van der Waals surface area (Å²) in [5, 5.41) is 2.26. The average molecular weight is 435 g/mol. The third-order valence-electron chi connectivity index (χ3n) is 3.73. The number of ether oxygens (including phenoxy) is 1. The molecule has 0 radical (unpaired) electrons. The first-order chi connectivity index (χ1) is 13.6. The van der Waals surface area contributed by atoms with Gasteiger partial charge in [-0.25, -0.2) is 8.78 Å². The lowest BCUT2D eigenvalue weighted by Crippen LogP contribution is -2.11. The number of fused-ring (bicyclic) bond motifs is 1. The number of nitrogens with one attached hydrogen (secondary N) is 2. The fourth-order valence-corrected chi connectivity index (χ4v) is 2.72. The zero-order valence-corrected chi connectivity index (χ0v) is 15.3. The minimum absolute atomic E-state index is 0.0534. The first kappa shape index (κ1) is 20.8. The van der Waals surface area contributed by atoms with Crippen molar-refractivity contribution in [2.75, 3.05) is 11.9 Å². The molecule has 1 aromatic carbocycles. The van der Waals surface area contributed by atoms with Gasteiger partial charge in [-0.2, -0.15) is 23.1 Å². The topological polar surface area (TPSA) is 79.9 Å². The number of ketones is 1. The van der Waals surface area contributed by atoms with Crippen LogP contribution in [0.2, 0.25) is 5.02 Å². The summed E-state index contributed by atoms with van der Waals surface area (Å²) in [6.07, 6.45) is -7.46. The number of hydrogen-bond donors (Lipinski definition) is 2. The molecule has 0 fully saturated rings. The van der Waals surface area contributed by atoms with E-state index in [-0.39, 0.29) is 33.6 Å². The SMILES string of the molecule is CC(=O)c1cc2[nH]c(Nc3c(Cl)cccc3C(F)(F)F)nc2nc1OCC(F)F. The summed E-state index contributed by atoms with van der Waals surface area (Å²) in [7, 11) is 0. The Morgan fingerprint density at radius 3 is 2.66 bits per heavy atom. The van der Waals surface area contributed by atoms with Gasteiger partial charge in [0.05, 0.1) is 27.4 Å². The number of carbonyl (C=O) groups is 1. The van der Waals surface area contributed by atoms with E-state index in [1.54, 1.807) is 0 Å². The van der Waals surface area contributed by atoms with E-state index in [2.05, 4.69) is 20.3 Å². The van der Waals surface area contributed by atoms with Gasteiger partial charge in [0.15, 0.2) is 18.0 Å². The van der Waals surface area contributed by atoms with E-state index < -0.39 is 36.2 Å². The van der Waals surface area contributed by atoms with Gasteiger partial charge in [0.1, 0.15) is 0 Å². The highest BCUT2D eigenvalue weighted by atomic mass is 35.5. The third-order valence-corrected chi connectivity index (χ3v) is 4.04. The molecule has 2 N–H and O–H groups in total. The van der Waals surface area contributed by atoms with Crippen LogP contribution >= 0.6 is 11.6 Å². The van der Waals surface area contributed by atoms with E-state index in [0.29, 0.717) is 0 Å². The van der Waals surface area contributed by atoms with E-state index in [0.717, 1.165) is 12.1 Å². The third kappa shape index (κ3) is 4.56. The van der Waals surface area contributed by atoms with Gasteiger partial charge in [-0.15, -0.1) is 0 Å². The Hall–Kier alpha value is -2.95. The number of carbonyl (C=O) groups excluding carboxylic acids is 1. The number of anilines is 2. The van der Waals surface area contributed by atoms with Crippen LogP contribution in [0.15, 0.2) is 24.3 Å². The highest BCUT2D eigenvalue weighted by Gasteiger charge is 2.34. The smallest absolute Gasteiger partial charge is 0.418 e. The van der Waals surface area contributed by atoms with Gasteiger partial charge in [-0.05, 0) is 25.1 Å². The van der Waals surface area contributed by atoms with Crippen molar-refractivity contribution in [1.82, 2.24) is 15.0 Å². The van der Waals surface area contributed by atoms with E-state index in [4.69, 9.17) is 16.3 Å². The normalized spacial score (nSPS) is 11.9. The number of aromatic nitrogens is 3. The Labute approximate surface area is 165 Å². The van der Waals surface area contributed by atoms with Gasteiger partial charge in [-0.3, -0.25) is 4.79 Å². The number of imidazole rings is 1. The van der Waals surface area contributed by atoms with Crippen molar-refractivity contribution in [3.8, 4) is 5.88 Å². The predicted octanol–water partition coefficient (Wildman–Crippen LogP) is 5.22. The number of aromatic amines is 1. The molecule has 0 saturated carbocycles. The molecule has 2 heterocycles. The van der Waals surface area contributed by atoms with Crippen molar-refractivity contribution >= 4 is 40.2 Å². The lowest BCUT2D eigenvalue weighted by Gasteiger charge is -2.14. The summed E-state index contributed by atoms with van der Waals surface area (Å²) in [5.41, 5.74) is -1.39. The Kier molecular flexibility index (Phi) is 5.60. The molecular weight excluding hydrogens is 423 g/mol. The van der Waals surface area contributed by atoms with E-state index >= 15 is 0 Å². The van der Waals surface area contributed by atoms with Crippen LogP contribution in [0.1, 0.15) is 22.8 Å². The second-order valence-electron chi connectivity index (χ2n) is 5.84. The molecule has 0 spiro atoms. The monoisotopic (exact) mass is 434 g/mol. The molecule has 154 valence electrons. The number of Topliss-reactive ketones (excluding diaryl/α,β-unsaturated/α-hetero) is 1. The molecule has 12 heteroatoms. The van der Waals surface area contributed by atoms with Gasteiger partial charge in [0, 0.05) is 0 Å². The zero-order chi connectivity index (χ0) is 21.3. The van der Waals surface area contributed by atoms with Gasteiger partial charge in [0.2, 0.25) is 11.8 Å². The first-order valence-corrected chi connectivity index (χ1v) is 8.39. The maximum Gasteiger partial charge on any atom is 0.418 e. The number of alkyl halides is 5. The number of para-hydroxylation sites is 1. The molecule has 0 aliphatic carbocycles. The molecule has 0 amide bonds. The lowest BCUT2D eigenvalue weighted by atomic mass is 10.1. The highest BCUT2D eigenvalue weighted by Crippen LogP contribution is 2.39. The van der Waals surface area contributed by atoms with Crippen molar-refractivity contribution in [2.45, 2.75) is 19.5 Å². The maximum absolute atomic E-state index is 13.2. The molecule has 0 saturated heterocycles. The molecule has 0 aliphatic heterocycles. The molecule has 0 aliphatic rings. The van der Waals surface area contributed by atoms with Crippen molar-refractivity contribution in [1.29, 1.82) is 0 Å². The van der Waals surface area contributed by atoms with Crippen molar-refractivity contribution in [3.05, 3.63) is 40.4 Å². The van der Waals surface area contributed by atoms with Crippen LogP contribution in [0.5, 0.6) is 5.88 Å². The highest BCUT2D eigenvalue weighted by molar-refractivity contribution is 6.33. The number of halogens is 6. The van der Waals surface area contributed by atoms with E-state index in [1.165, 1.54) is 19.1 Å². The van der Waals surface area contributed by atoms with Gasteiger partial charge in [-0.1, -0.05) is 17.7 Å². The van der Waals surface area contributed by atoms with Crippen molar-refractivity contribution in [2.24, 2.45) is 0 Å². The molecule has 0 atom stereocenters. The zero-order valence-electron chi connectivity index (χ0n) is 14.6. The minimum atomic E-state index is -4.67. The Morgan fingerprint density at radius 2 is 2.03 bits per heavy atom. The van der Waals surface area contributed by atoms with Crippen LogP contribution < -0.4 is 10.1 Å². The summed E-state index contributed by atoms with van der Waals surface area (Å²) < 4.78 is 69.3. The Balaban J connectivity index is 2.02. The summed E-state index contributed by atoms with van der Waals surface area (Å²) in [5.74, 6) is -0.998. The summed E-state index contributed by atoms with van der Waals surface area (Å²) in [6, 6.07) is 4.53. The summed E-state index contributed by atoms with van der Waals surface area (Å²) >= 11 is 5.89. The molecule has 29 heavy (non-hydrogen) atoms. The maximum atomic E-state index is 13.2. The number of hydrogen-bond acceptors (Lipinski definition) is 5. The number of rotatable bonds is 6. The van der Waals surface area contributed by atoms with Crippen LogP contribution in [0.4, 0.5) is 33.6 Å². The second kappa shape index (κ2) is 7.82. The van der Waals surface area contributed by atoms with Crippen LogP contribution in [0.3, 0.4) is 0 Å². The van der Waals surface area contributed by atoms with Gasteiger partial charge in [0.25, 0.3) is 6.43 Å². The van der Waals surface area contributed by atoms with E-state index in [1.807, 2.05) is 0 Å².